The van der Waals surface area contributed by atoms with Crippen LogP contribution in [0.4, 0.5) is 10.5 Å². The third-order valence-corrected chi connectivity index (χ3v) is 6.08. The largest absolute Gasteiger partial charge is 0.466 e. The van der Waals surface area contributed by atoms with Crippen molar-refractivity contribution in [3.8, 4) is 0 Å². The van der Waals surface area contributed by atoms with Crippen molar-refractivity contribution in [1.29, 1.82) is 0 Å². The number of ether oxygens (including phenoxy) is 3. The molecule has 0 bridgehead atoms. The van der Waals surface area contributed by atoms with Crippen molar-refractivity contribution >= 4 is 34.5 Å². The van der Waals surface area contributed by atoms with Crippen LogP contribution in [-0.2, 0) is 23.8 Å². The van der Waals surface area contributed by atoms with Gasteiger partial charge in [0.25, 0.3) is 0 Å². The molecule has 0 heterocycles. The molecule has 4 rings (SSSR count). The van der Waals surface area contributed by atoms with E-state index in [9.17, 15) is 14.4 Å². The van der Waals surface area contributed by atoms with Crippen LogP contribution >= 0.6 is 0 Å². The molecule has 1 amide bonds. The van der Waals surface area contributed by atoms with Crippen LogP contribution in [0.25, 0.3) is 10.8 Å². The molecule has 0 saturated heterocycles. The van der Waals surface area contributed by atoms with Crippen LogP contribution in [0, 0.1) is 17.8 Å². The van der Waals surface area contributed by atoms with Crippen LogP contribution in [0.15, 0.2) is 42.5 Å². The molecular weight excluding hydrogens is 386 g/mol. The Labute approximate surface area is 174 Å². The van der Waals surface area contributed by atoms with Gasteiger partial charge in [-0.2, -0.15) is 0 Å². The predicted molar refractivity (Wildman–Crippen MR) is 110 cm³/mol. The second-order valence-electron chi connectivity index (χ2n) is 7.61. The Morgan fingerprint density at radius 2 is 1.67 bits per heavy atom. The maximum absolute atomic E-state index is 12.9. The summed E-state index contributed by atoms with van der Waals surface area (Å²) in [7, 11) is 0. The minimum absolute atomic E-state index is 0.225. The van der Waals surface area contributed by atoms with Gasteiger partial charge in [-0.25, -0.2) is 4.79 Å². The van der Waals surface area contributed by atoms with E-state index >= 15 is 0 Å². The molecule has 4 unspecified atom stereocenters. The first-order chi connectivity index (χ1) is 14.5. The second-order valence-corrected chi connectivity index (χ2v) is 7.61. The molecule has 0 radical (unpaired) electrons. The summed E-state index contributed by atoms with van der Waals surface area (Å²) in [6.45, 7) is 3.90. The molecule has 7 heteroatoms. The smallest absolute Gasteiger partial charge is 0.412 e. The zero-order chi connectivity index (χ0) is 21.3. The van der Waals surface area contributed by atoms with Gasteiger partial charge in [0.05, 0.1) is 24.8 Å². The third-order valence-electron chi connectivity index (χ3n) is 6.08. The Hall–Kier alpha value is -3.09. The number of carbonyl (C=O) groups is 3. The minimum Gasteiger partial charge on any atom is -0.466 e. The van der Waals surface area contributed by atoms with E-state index in [1.807, 2.05) is 36.4 Å². The minimum atomic E-state index is -1.20. The number of amides is 1. The lowest BCUT2D eigenvalue weighted by Crippen LogP contribution is -2.39. The van der Waals surface area contributed by atoms with Gasteiger partial charge in [-0.1, -0.05) is 36.4 Å². The Bertz CT molecular complexity index is 983. The molecule has 0 aliphatic heterocycles. The molecule has 2 aromatic rings. The van der Waals surface area contributed by atoms with E-state index < -0.39 is 35.5 Å². The van der Waals surface area contributed by atoms with Crippen molar-refractivity contribution in [3.63, 3.8) is 0 Å². The summed E-state index contributed by atoms with van der Waals surface area (Å²) in [4.78, 5) is 37.9. The summed E-state index contributed by atoms with van der Waals surface area (Å²) < 4.78 is 16.2. The lowest BCUT2D eigenvalue weighted by Gasteiger charge is -2.24. The Morgan fingerprint density at radius 1 is 0.967 bits per heavy atom. The molecule has 2 aliphatic carbocycles. The fraction of sp³-hybridized carbons (Fsp3) is 0.435. The van der Waals surface area contributed by atoms with Crippen LogP contribution < -0.4 is 5.32 Å². The zero-order valence-electron chi connectivity index (χ0n) is 17.1. The lowest BCUT2D eigenvalue weighted by molar-refractivity contribution is -0.155. The Kier molecular flexibility index (Phi) is 5.37. The summed E-state index contributed by atoms with van der Waals surface area (Å²) in [5.41, 5.74) is -0.599. The molecule has 0 aromatic heterocycles. The van der Waals surface area contributed by atoms with Crippen LogP contribution in [0.3, 0.4) is 0 Å². The molecule has 2 aliphatic rings. The highest BCUT2D eigenvalue weighted by atomic mass is 16.6. The van der Waals surface area contributed by atoms with Gasteiger partial charge in [0.1, 0.15) is 11.5 Å². The van der Waals surface area contributed by atoms with E-state index in [0.717, 1.165) is 10.8 Å². The fourth-order valence-corrected chi connectivity index (χ4v) is 4.86. The highest BCUT2D eigenvalue weighted by Crippen LogP contribution is 2.67. The van der Waals surface area contributed by atoms with E-state index in [0.29, 0.717) is 18.5 Å². The van der Waals surface area contributed by atoms with Crippen molar-refractivity contribution < 1.29 is 28.6 Å². The Balaban J connectivity index is 1.58. The van der Waals surface area contributed by atoms with Crippen molar-refractivity contribution in [2.45, 2.75) is 32.3 Å². The van der Waals surface area contributed by atoms with E-state index in [1.54, 1.807) is 19.9 Å². The average molecular weight is 411 g/mol. The average Bonchev–Trinajstić information content (AvgIpc) is 3.20. The van der Waals surface area contributed by atoms with Crippen molar-refractivity contribution in [1.82, 2.24) is 0 Å². The molecule has 2 fully saturated rings. The maximum Gasteiger partial charge on any atom is 0.412 e. The monoisotopic (exact) mass is 411 g/mol. The highest BCUT2D eigenvalue weighted by molar-refractivity contribution is 6.00. The van der Waals surface area contributed by atoms with Gasteiger partial charge in [0.15, 0.2) is 0 Å². The van der Waals surface area contributed by atoms with Crippen LogP contribution in [0.1, 0.15) is 26.7 Å². The number of nitrogens with one attached hydrogen (secondary N) is 1. The van der Waals surface area contributed by atoms with Crippen molar-refractivity contribution in [3.05, 3.63) is 42.5 Å². The van der Waals surface area contributed by atoms with Crippen molar-refractivity contribution in [2.24, 2.45) is 17.8 Å². The van der Waals surface area contributed by atoms with Gasteiger partial charge in [0.2, 0.25) is 0 Å². The standard InChI is InChI=1S/C23H25NO6/c1-3-28-20(25)17-13-12-16-19(21(26)29-4-2)23(16,17)30-22(27)24-18-11-7-9-14-8-5-6-10-15(14)18/h5-11,16-17,19H,3-4,12-13H2,1-2H3,(H,24,27). The molecule has 30 heavy (non-hydrogen) atoms. The first-order valence-corrected chi connectivity index (χ1v) is 10.3. The topological polar surface area (TPSA) is 90.9 Å². The van der Waals surface area contributed by atoms with Gasteiger partial charge in [-0.3, -0.25) is 14.9 Å². The van der Waals surface area contributed by atoms with E-state index in [-0.39, 0.29) is 19.1 Å². The van der Waals surface area contributed by atoms with Gasteiger partial charge in [0, 0.05) is 11.3 Å². The van der Waals surface area contributed by atoms with Gasteiger partial charge in [-0.05, 0) is 38.1 Å². The predicted octanol–water partition coefficient (Wildman–Crippen LogP) is 3.91. The molecule has 158 valence electrons. The number of fused-ring (bicyclic) bond motifs is 2. The van der Waals surface area contributed by atoms with Gasteiger partial charge >= 0.3 is 18.0 Å². The van der Waals surface area contributed by atoms with Crippen LogP contribution in [-0.4, -0.2) is 36.8 Å². The first-order valence-electron chi connectivity index (χ1n) is 10.3. The number of hydrogen-bond donors (Lipinski definition) is 1. The maximum atomic E-state index is 12.9. The van der Waals surface area contributed by atoms with Crippen LogP contribution in [0.2, 0.25) is 0 Å². The normalized spacial score (nSPS) is 26.5. The van der Waals surface area contributed by atoms with Crippen molar-refractivity contribution in [2.75, 3.05) is 18.5 Å². The number of carbonyl (C=O) groups excluding carboxylic acids is 3. The van der Waals surface area contributed by atoms with Gasteiger partial charge < -0.3 is 14.2 Å². The van der Waals surface area contributed by atoms with E-state index in [2.05, 4.69) is 5.32 Å². The molecule has 1 N–H and O–H groups in total. The molecule has 2 aromatic carbocycles. The molecule has 2 saturated carbocycles. The zero-order valence-corrected chi connectivity index (χ0v) is 17.1. The summed E-state index contributed by atoms with van der Waals surface area (Å²) in [5.74, 6) is -2.42. The summed E-state index contributed by atoms with van der Waals surface area (Å²) in [5, 5.41) is 4.63. The number of rotatable bonds is 6. The number of benzene rings is 2. The molecular formula is C23H25NO6. The second kappa shape index (κ2) is 7.97. The third kappa shape index (κ3) is 3.28. The number of anilines is 1. The Morgan fingerprint density at radius 3 is 2.43 bits per heavy atom. The number of hydrogen-bond acceptors (Lipinski definition) is 6. The van der Waals surface area contributed by atoms with E-state index in [4.69, 9.17) is 14.2 Å². The quantitative estimate of drug-likeness (QED) is 0.572. The van der Waals surface area contributed by atoms with Gasteiger partial charge in [-0.15, -0.1) is 0 Å². The summed E-state index contributed by atoms with van der Waals surface area (Å²) >= 11 is 0. The van der Waals surface area contributed by atoms with Crippen LogP contribution in [0.5, 0.6) is 0 Å². The summed E-state index contributed by atoms with van der Waals surface area (Å²) in [6.07, 6.45) is 0.425. The fourth-order valence-electron chi connectivity index (χ4n) is 4.86. The summed E-state index contributed by atoms with van der Waals surface area (Å²) in [6, 6.07) is 13.2. The molecule has 7 nitrogen and oxygen atoms in total. The lowest BCUT2D eigenvalue weighted by atomic mass is 9.97. The highest BCUT2D eigenvalue weighted by Gasteiger charge is 2.80. The molecule has 0 spiro atoms. The van der Waals surface area contributed by atoms with E-state index in [1.165, 1.54) is 0 Å². The molecule has 4 atom stereocenters. The SMILES string of the molecule is CCOC(=O)C1CCC2C(C(=O)OCC)C12OC(=O)Nc1cccc2ccccc12. The first kappa shape index (κ1) is 20.2. The number of esters is 2.